The first-order valence-electron chi connectivity index (χ1n) is 8.65. The summed E-state index contributed by atoms with van der Waals surface area (Å²) in [5.74, 6) is -0.171. The van der Waals surface area contributed by atoms with E-state index in [1.165, 1.54) is 32.8 Å². The molecular formula is C21H23IN2O2. The Labute approximate surface area is 167 Å². The number of benzene rings is 2. The highest BCUT2D eigenvalue weighted by molar-refractivity contribution is 14.1. The van der Waals surface area contributed by atoms with Gasteiger partial charge in [0.25, 0.3) is 0 Å². The maximum atomic E-state index is 11.6. The molecule has 3 aromatic rings. The van der Waals surface area contributed by atoms with Crippen LogP contribution in [0.1, 0.15) is 17.7 Å². The van der Waals surface area contributed by atoms with E-state index >= 15 is 0 Å². The molecule has 0 radical (unpaired) electrons. The van der Waals surface area contributed by atoms with Crippen LogP contribution in [0, 0.1) is 3.57 Å². The third kappa shape index (κ3) is 4.27. The number of hydrogen-bond acceptors (Lipinski definition) is 3. The zero-order valence-corrected chi connectivity index (χ0v) is 17.3. The second kappa shape index (κ2) is 8.68. The minimum Gasteiger partial charge on any atom is -0.469 e. The smallest absolute Gasteiger partial charge is 0.306 e. The molecule has 5 heteroatoms. The maximum Gasteiger partial charge on any atom is 0.306 e. The van der Waals surface area contributed by atoms with E-state index in [0.29, 0.717) is 13.0 Å². The van der Waals surface area contributed by atoms with Crippen molar-refractivity contribution in [3.63, 3.8) is 0 Å². The fraction of sp³-hybridized carbons (Fsp3) is 0.286. The monoisotopic (exact) mass is 462 g/mol. The highest BCUT2D eigenvalue weighted by Gasteiger charge is 2.17. The van der Waals surface area contributed by atoms with Crippen LogP contribution in [0.15, 0.2) is 54.6 Å². The lowest BCUT2D eigenvalue weighted by atomic mass is 10.2. The van der Waals surface area contributed by atoms with Gasteiger partial charge in [-0.15, -0.1) is 0 Å². The SMILES string of the molecule is COC(=O)CCN(Cc1ccccc1)Cc1c(I)c2ccccc2n1C. The van der Waals surface area contributed by atoms with Gasteiger partial charge in [0.15, 0.2) is 0 Å². The summed E-state index contributed by atoms with van der Waals surface area (Å²) < 4.78 is 8.36. The van der Waals surface area contributed by atoms with Crippen LogP contribution >= 0.6 is 22.6 Å². The second-order valence-corrected chi connectivity index (χ2v) is 7.44. The number of aryl methyl sites for hydroxylation is 1. The summed E-state index contributed by atoms with van der Waals surface area (Å²) in [5.41, 5.74) is 3.75. The van der Waals surface area contributed by atoms with Gasteiger partial charge >= 0.3 is 5.97 Å². The predicted octanol–water partition coefficient (Wildman–Crippen LogP) is 4.35. The van der Waals surface area contributed by atoms with E-state index < -0.39 is 0 Å². The van der Waals surface area contributed by atoms with Gasteiger partial charge in [-0.2, -0.15) is 0 Å². The maximum absolute atomic E-state index is 11.6. The molecular weight excluding hydrogens is 439 g/mol. The second-order valence-electron chi connectivity index (χ2n) is 6.36. The van der Waals surface area contributed by atoms with Gasteiger partial charge in [0.1, 0.15) is 0 Å². The Hall–Kier alpha value is -1.86. The molecule has 4 nitrogen and oxygen atoms in total. The Bertz CT molecular complexity index is 851. The molecule has 0 unspecified atom stereocenters. The Morgan fingerprint density at radius 1 is 1.08 bits per heavy atom. The van der Waals surface area contributed by atoms with Crippen LogP contribution in [0.5, 0.6) is 0 Å². The van der Waals surface area contributed by atoms with Crippen molar-refractivity contribution in [2.24, 2.45) is 7.05 Å². The minimum atomic E-state index is -0.171. The van der Waals surface area contributed by atoms with Crippen LogP contribution in [-0.2, 0) is 29.7 Å². The molecule has 0 aliphatic carbocycles. The molecule has 0 saturated carbocycles. The van der Waals surface area contributed by atoms with Crippen LogP contribution in [0.3, 0.4) is 0 Å². The number of carbonyl (C=O) groups excluding carboxylic acids is 1. The third-order valence-electron chi connectivity index (χ3n) is 4.64. The van der Waals surface area contributed by atoms with Gasteiger partial charge in [-0.3, -0.25) is 9.69 Å². The highest BCUT2D eigenvalue weighted by atomic mass is 127. The average molecular weight is 462 g/mol. The Morgan fingerprint density at radius 3 is 2.46 bits per heavy atom. The van der Waals surface area contributed by atoms with Crippen molar-refractivity contribution in [3.8, 4) is 0 Å². The number of para-hydroxylation sites is 1. The van der Waals surface area contributed by atoms with Gasteiger partial charge < -0.3 is 9.30 Å². The van der Waals surface area contributed by atoms with Crippen LogP contribution in [-0.4, -0.2) is 29.1 Å². The van der Waals surface area contributed by atoms with E-state index in [9.17, 15) is 4.79 Å². The Balaban J connectivity index is 1.86. The molecule has 26 heavy (non-hydrogen) atoms. The summed E-state index contributed by atoms with van der Waals surface area (Å²) in [7, 11) is 3.55. The van der Waals surface area contributed by atoms with Crippen molar-refractivity contribution < 1.29 is 9.53 Å². The molecule has 0 saturated heterocycles. The number of fused-ring (bicyclic) bond motifs is 1. The molecule has 0 bridgehead atoms. The number of methoxy groups -OCH3 is 1. The summed E-state index contributed by atoms with van der Waals surface area (Å²) >= 11 is 2.43. The molecule has 0 spiro atoms. The van der Waals surface area contributed by atoms with Crippen molar-refractivity contribution in [3.05, 3.63) is 69.4 Å². The van der Waals surface area contributed by atoms with Gasteiger partial charge in [0.05, 0.1) is 13.5 Å². The molecule has 1 heterocycles. The van der Waals surface area contributed by atoms with Crippen LogP contribution in [0.4, 0.5) is 0 Å². The molecule has 0 atom stereocenters. The van der Waals surface area contributed by atoms with E-state index in [1.54, 1.807) is 0 Å². The lowest BCUT2D eigenvalue weighted by molar-refractivity contribution is -0.141. The molecule has 0 fully saturated rings. The largest absolute Gasteiger partial charge is 0.469 e. The normalized spacial score (nSPS) is 11.2. The molecule has 3 rings (SSSR count). The van der Waals surface area contributed by atoms with Gasteiger partial charge in [-0.05, 0) is 34.2 Å². The van der Waals surface area contributed by atoms with Crippen molar-refractivity contribution in [2.45, 2.75) is 19.5 Å². The summed E-state index contributed by atoms with van der Waals surface area (Å²) in [6.07, 6.45) is 0.393. The van der Waals surface area contributed by atoms with E-state index in [0.717, 1.165) is 13.1 Å². The van der Waals surface area contributed by atoms with Crippen molar-refractivity contribution in [2.75, 3.05) is 13.7 Å². The quantitative estimate of drug-likeness (QED) is 0.387. The number of aromatic nitrogens is 1. The van der Waals surface area contributed by atoms with E-state index in [4.69, 9.17) is 4.74 Å². The molecule has 0 N–H and O–H groups in total. The number of nitrogens with zero attached hydrogens (tertiary/aromatic N) is 2. The molecule has 0 aliphatic rings. The van der Waals surface area contributed by atoms with E-state index in [1.807, 2.05) is 18.2 Å². The average Bonchev–Trinajstić information content (AvgIpc) is 2.91. The standard InChI is InChI=1S/C21H23IN2O2/c1-23-18-11-7-6-10-17(18)21(22)19(23)15-24(13-12-20(25)26-2)14-16-8-4-3-5-9-16/h3-11H,12-15H2,1-2H3. The number of rotatable bonds is 7. The molecule has 0 amide bonds. The summed E-state index contributed by atoms with van der Waals surface area (Å²) in [6.45, 7) is 2.25. The lowest BCUT2D eigenvalue weighted by Crippen LogP contribution is -2.27. The minimum absolute atomic E-state index is 0.171. The number of hydrogen-bond donors (Lipinski definition) is 0. The summed E-state index contributed by atoms with van der Waals surface area (Å²) in [4.78, 5) is 13.9. The van der Waals surface area contributed by atoms with Crippen molar-refractivity contribution in [1.29, 1.82) is 0 Å². The summed E-state index contributed by atoms with van der Waals surface area (Å²) in [6, 6.07) is 18.8. The van der Waals surface area contributed by atoms with E-state index in [-0.39, 0.29) is 5.97 Å². The Morgan fingerprint density at radius 2 is 1.77 bits per heavy atom. The fourth-order valence-corrected chi connectivity index (χ4v) is 4.18. The van der Waals surface area contributed by atoms with Gasteiger partial charge in [-0.1, -0.05) is 48.5 Å². The fourth-order valence-electron chi connectivity index (χ4n) is 3.19. The number of carbonyl (C=O) groups is 1. The first kappa shape index (κ1) is 18.9. The molecule has 0 aliphatic heterocycles. The molecule has 136 valence electrons. The van der Waals surface area contributed by atoms with Gasteiger partial charge in [0.2, 0.25) is 0 Å². The zero-order valence-electron chi connectivity index (χ0n) is 15.1. The summed E-state index contributed by atoms with van der Waals surface area (Å²) in [5, 5.41) is 1.28. The van der Waals surface area contributed by atoms with Crippen LogP contribution < -0.4 is 0 Å². The van der Waals surface area contributed by atoms with Crippen LogP contribution in [0.2, 0.25) is 0 Å². The molecule has 2 aromatic carbocycles. The molecule has 1 aromatic heterocycles. The lowest BCUT2D eigenvalue weighted by Gasteiger charge is -2.23. The zero-order chi connectivity index (χ0) is 18.5. The first-order chi connectivity index (χ1) is 12.6. The van der Waals surface area contributed by atoms with Crippen LogP contribution in [0.25, 0.3) is 10.9 Å². The number of halogens is 1. The Kier molecular flexibility index (Phi) is 6.32. The topological polar surface area (TPSA) is 34.5 Å². The van der Waals surface area contributed by atoms with Crippen molar-refractivity contribution >= 4 is 39.5 Å². The van der Waals surface area contributed by atoms with E-state index in [2.05, 4.69) is 75.5 Å². The number of esters is 1. The third-order valence-corrected chi connectivity index (χ3v) is 5.85. The van der Waals surface area contributed by atoms with Crippen molar-refractivity contribution in [1.82, 2.24) is 9.47 Å². The van der Waals surface area contributed by atoms with Gasteiger partial charge in [0, 0.05) is 46.8 Å². The first-order valence-corrected chi connectivity index (χ1v) is 9.73. The highest BCUT2D eigenvalue weighted by Crippen LogP contribution is 2.28. The van der Waals surface area contributed by atoms with Gasteiger partial charge in [-0.25, -0.2) is 0 Å². The number of ether oxygens (including phenoxy) is 1. The predicted molar refractivity (Wildman–Crippen MR) is 113 cm³/mol.